The summed E-state index contributed by atoms with van der Waals surface area (Å²) >= 11 is 3.69. The summed E-state index contributed by atoms with van der Waals surface area (Å²) < 4.78 is 1.21. The summed E-state index contributed by atoms with van der Waals surface area (Å²) in [5, 5.41) is 3.59. The van der Waals surface area contributed by atoms with E-state index in [4.69, 9.17) is 0 Å². The summed E-state index contributed by atoms with van der Waals surface area (Å²) in [6.45, 7) is 8.82. The Morgan fingerprint density at radius 1 is 1.47 bits per heavy atom. The first-order valence-corrected chi connectivity index (χ1v) is 7.17. The van der Waals surface area contributed by atoms with E-state index in [1.54, 1.807) is 0 Å². The van der Waals surface area contributed by atoms with Gasteiger partial charge in [-0.3, -0.25) is 0 Å². The Morgan fingerprint density at radius 2 is 2.24 bits per heavy atom. The van der Waals surface area contributed by atoms with Crippen LogP contribution >= 0.6 is 15.9 Å². The van der Waals surface area contributed by atoms with Crippen molar-refractivity contribution in [3.63, 3.8) is 0 Å². The molecule has 1 saturated heterocycles. The van der Waals surface area contributed by atoms with Crippen molar-refractivity contribution in [2.45, 2.75) is 39.3 Å². The molecule has 0 bridgehead atoms. The lowest BCUT2D eigenvalue weighted by atomic mass is 10.1. The summed E-state index contributed by atoms with van der Waals surface area (Å²) in [4.78, 5) is 2.51. The van der Waals surface area contributed by atoms with Crippen LogP contribution in [0.4, 0.5) is 5.69 Å². The topological polar surface area (TPSA) is 15.3 Å². The first-order chi connectivity index (χ1) is 8.11. The number of aryl methyl sites for hydroxylation is 1. The Hall–Kier alpha value is -0.540. The Balaban J connectivity index is 2.24. The fourth-order valence-electron chi connectivity index (χ4n) is 2.38. The lowest BCUT2D eigenvalue weighted by molar-refractivity contribution is 0.397. The van der Waals surface area contributed by atoms with Crippen molar-refractivity contribution in [2.24, 2.45) is 0 Å². The highest BCUT2D eigenvalue weighted by Gasteiger charge is 2.25. The maximum absolute atomic E-state index is 3.69. The van der Waals surface area contributed by atoms with Gasteiger partial charge in [0.1, 0.15) is 0 Å². The van der Waals surface area contributed by atoms with E-state index in [2.05, 4.69) is 65.1 Å². The second-order valence-corrected chi connectivity index (χ2v) is 5.82. The number of hydrogen-bond donors (Lipinski definition) is 1. The van der Waals surface area contributed by atoms with E-state index < -0.39 is 0 Å². The highest BCUT2D eigenvalue weighted by atomic mass is 79.9. The van der Waals surface area contributed by atoms with Gasteiger partial charge in [0.2, 0.25) is 0 Å². The summed E-state index contributed by atoms with van der Waals surface area (Å²) in [6, 6.07) is 7.78. The van der Waals surface area contributed by atoms with Crippen molar-refractivity contribution >= 4 is 21.6 Å². The van der Waals surface area contributed by atoms with Crippen molar-refractivity contribution < 1.29 is 0 Å². The summed E-state index contributed by atoms with van der Waals surface area (Å²) in [7, 11) is 0. The lowest BCUT2D eigenvalue weighted by Crippen LogP contribution is -2.55. The fourth-order valence-corrected chi connectivity index (χ4v) is 3.10. The summed E-state index contributed by atoms with van der Waals surface area (Å²) in [6.07, 6.45) is 1.19. The van der Waals surface area contributed by atoms with Crippen LogP contribution in [0.2, 0.25) is 0 Å². The SMILES string of the molecule is CCC1CN(c2ccc(C)cc2Br)C(C)CN1. The summed E-state index contributed by atoms with van der Waals surface area (Å²) in [5.41, 5.74) is 2.62. The summed E-state index contributed by atoms with van der Waals surface area (Å²) in [5.74, 6) is 0. The quantitative estimate of drug-likeness (QED) is 0.900. The van der Waals surface area contributed by atoms with Crippen LogP contribution in [0, 0.1) is 6.92 Å². The van der Waals surface area contributed by atoms with Crippen molar-refractivity contribution in [1.82, 2.24) is 5.32 Å². The molecule has 0 saturated carbocycles. The lowest BCUT2D eigenvalue weighted by Gasteiger charge is -2.40. The third kappa shape index (κ3) is 2.83. The molecule has 94 valence electrons. The molecule has 2 rings (SSSR count). The Morgan fingerprint density at radius 3 is 2.88 bits per heavy atom. The second kappa shape index (κ2) is 5.40. The van der Waals surface area contributed by atoms with Gasteiger partial charge in [0.05, 0.1) is 5.69 Å². The predicted molar refractivity (Wildman–Crippen MR) is 77.8 cm³/mol. The minimum absolute atomic E-state index is 0.553. The average Bonchev–Trinajstić information content (AvgIpc) is 2.30. The first kappa shape index (κ1) is 12.9. The van der Waals surface area contributed by atoms with Gasteiger partial charge in [-0.05, 0) is 53.9 Å². The van der Waals surface area contributed by atoms with Crippen LogP contribution in [0.25, 0.3) is 0 Å². The van der Waals surface area contributed by atoms with E-state index in [-0.39, 0.29) is 0 Å². The number of rotatable bonds is 2. The smallest absolute Gasteiger partial charge is 0.0514 e. The maximum atomic E-state index is 3.69. The molecular formula is C14H21BrN2. The van der Waals surface area contributed by atoms with Crippen molar-refractivity contribution in [3.8, 4) is 0 Å². The van der Waals surface area contributed by atoms with Gasteiger partial charge in [0, 0.05) is 29.6 Å². The zero-order valence-corrected chi connectivity index (χ0v) is 12.4. The van der Waals surface area contributed by atoms with Crippen LogP contribution in [-0.2, 0) is 0 Å². The molecule has 0 spiro atoms. The number of nitrogens with zero attached hydrogens (tertiary/aromatic N) is 1. The van der Waals surface area contributed by atoms with Gasteiger partial charge in [0.25, 0.3) is 0 Å². The molecule has 0 aliphatic carbocycles. The number of halogens is 1. The molecule has 1 aliphatic rings. The van der Waals surface area contributed by atoms with Crippen molar-refractivity contribution in [1.29, 1.82) is 0 Å². The van der Waals surface area contributed by atoms with Crippen LogP contribution in [-0.4, -0.2) is 25.2 Å². The molecule has 0 amide bonds. The van der Waals surface area contributed by atoms with Crippen molar-refractivity contribution in [2.75, 3.05) is 18.0 Å². The number of nitrogens with one attached hydrogen (secondary N) is 1. The van der Waals surface area contributed by atoms with Gasteiger partial charge in [0.15, 0.2) is 0 Å². The van der Waals surface area contributed by atoms with E-state index in [9.17, 15) is 0 Å². The molecule has 0 aromatic heterocycles. The van der Waals surface area contributed by atoms with E-state index in [1.807, 2.05) is 0 Å². The van der Waals surface area contributed by atoms with Gasteiger partial charge in [-0.2, -0.15) is 0 Å². The number of anilines is 1. The molecule has 2 unspecified atom stereocenters. The minimum Gasteiger partial charge on any atom is -0.365 e. The van der Waals surface area contributed by atoms with Crippen LogP contribution in [0.15, 0.2) is 22.7 Å². The Labute approximate surface area is 113 Å². The Kier molecular flexibility index (Phi) is 4.10. The molecule has 17 heavy (non-hydrogen) atoms. The van der Waals surface area contributed by atoms with Gasteiger partial charge in [-0.1, -0.05) is 13.0 Å². The molecule has 1 aliphatic heterocycles. The second-order valence-electron chi connectivity index (χ2n) is 4.97. The average molecular weight is 297 g/mol. The molecule has 2 nitrogen and oxygen atoms in total. The number of benzene rings is 1. The molecule has 2 atom stereocenters. The van der Waals surface area contributed by atoms with Gasteiger partial charge >= 0.3 is 0 Å². The maximum Gasteiger partial charge on any atom is 0.0514 e. The first-order valence-electron chi connectivity index (χ1n) is 6.38. The van der Waals surface area contributed by atoms with E-state index >= 15 is 0 Å². The predicted octanol–water partition coefficient (Wildman–Crippen LogP) is 3.33. The highest BCUT2D eigenvalue weighted by molar-refractivity contribution is 9.10. The monoisotopic (exact) mass is 296 g/mol. The standard InChI is InChI=1S/C14H21BrN2/c1-4-12-9-17(11(3)8-16-12)14-6-5-10(2)7-13(14)15/h5-7,11-12,16H,4,8-9H2,1-3H3. The molecule has 1 N–H and O–H groups in total. The fraction of sp³-hybridized carbons (Fsp3) is 0.571. The van der Waals surface area contributed by atoms with Gasteiger partial charge in [-0.25, -0.2) is 0 Å². The third-order valence-corrected chi connectivity index (χ3v) is 4.19. The van der Waals surface area contributed by atoms with Crippen LogP contribution < -0.4 is 10.2 Å². The van der Waals surface area contributed by atoms with E-state index in [0.29, 0.717) is 12.1 Å². The molecule has 1 aromatic rings. The van der Waals surface area contributed by atoms with Crippen LogP contribution in [0.5, 0.6) is 0 Å². The van der Waals surface area contributed by atoms with Crippen LogP contribution in [0.1, 0.15) is 25.8 Å². The molecular weight excluding hydrogens is 276 g/mol. The third-order valence-electron chi connectivity index (χ3n) is 3.56. The zero-order valence-electron chi connectivity index (χ0n) is 10.8. The Bertz CT molecular complexity index is 392. The number of hydrogen-bond acceptors (Lipinski definition) is 2. The molecule has 1 heterocycles. The normalized spacial score (nSPS) is 25.1. The highest BCUT2D eigenvalue weighted by Crippen LogP contribution is 2.30. The van der Waals surface area contributed by atoms with E-state index in [1.165, 1.54) is 22.1 Å². The molecule has 1 aromatic carbocycles. The number of piperazine rings is 1. The van der Waals surface area contributed by atoms with Gasteiger partial charge < -0.3 is 10.2 Å². The van der Waals surface area contributed by atoms with Gasteiger partial charge in [-0.15, -0.1) is 0 Å². The molecule has 1 fully saturated rings. The van der Waals surface area contributed by atoms with E-state index in [0.717, 1.165) is 13.1 Å². The van der Waals surface area contributed by atoms with Crippen LogP contribution in [0.3, 0.4) is 0 Å². The molecule has 3 heteroatoms. The molecule has 0 radical (unpaired) electrons. The minimum atomic E-state index is 0.553. The zero-order chi connectivity index (χ0) is 12.4. The largest absolute Gasteiger partial charge is 0.365 e. The van der Waals surface area contributed by atoms with Crippen molar-refractivity contribution in [3.05, 3.63) is 28.2 Å².